The molecule has 134 valence electrons. The molecular weight excluding hydrogens is 310 g/mol. The topological polar surface area (TPSA) is 38.1 Å². The fraction of sp³-hybridized carbons (Fsp3) is 0.619. The fourth-order valence-corrected chi connectivity index (χ4v) is 4.60. The molecule has 1 fully saturated rings. The molecule has 1 unspecified atom stereocenters. The van der Waals surface area contributed by atoms with Crippen molar-refractivity contribution in [1.29, 1.82) is 0 Å². The van der Waals surface area contributed by atoms with Gasteiger partial charge >= 0.3 is 0 Å². The Morgan fingerprint density at radius 3 is 2.68 bits per heavy atom. The molecule has 2 heterocycles. The third-order valence-corrected chi connectivity index (χ3v) is 5.82. The highest BCUT2D eigenvalue weighted by Crippen LogP contribution is 2.35. The molecule has 1 aromatic heterocycles. The Balaban J connectivity index is 1.78. The maximum absolute atomic E-state index is 13.4. The number of hydrogen-bond acceptors (Lipinski definition) is 2. The van der Waals surface area contributed by atoms with Gasteiger partial charge in [0.1, 0.15) is 11.9 Å². The van der Waals surface area contributed by atoms with Gasteiger partial charge in [-0.2, -0.15) is 0 Å². The van der Waals surface area contributed by atoms with Crippen LogP contribution in [-0.4, -0.2) is 26.4 Å². The van der Waals surface area contributed by atoms with E-state index in [1.54, 1.807) is 0 Å². The van der Waals surface area contributed by atoms with Crippen LogP contribution in [0.3, 0.4) is 0 Å². The number of aromatic nitrogens is 2. The largest absolute Gasteiger partial charge is 0.330 e. The Hall–Kier alpha value is -1.84. The highest BCUT2D eigenvalue weighted by molar-refractivity contribution is 5.86. The maximum Gasteiger partial charge on any atom is 0.246 e. The average Bonchev–Trinajstić information content (AvgIpc) is 2.94. The van der Waals surface area contributed by atoms with Crippen molar-refractivity contribution in [3.8, 4) is 0 Å². The molecule has 2 aliphatic rings. The first-order valence-electron chi connectivity index (χ1n) is 9.82. The fourth-order valence-electron chi connectivity index (χ4n) is 4.60. The van der Waals surface area contributed by atoms with Crippen molar-refractivity contribution in [3.05, 3.63) is 29.6 Å². The number of amides is 1. The van der Waals surface area contributed by atoms with Gasteiger partial charge in [0.2, 0.25) is 5.91 Å². The van der Waals surface area contributed by atoms with Crippen molar-refractivity contribution in [2.75, 3.05) is 0 Å². The monoisotopic (exact) mass is 339 g/mol. The SMILES string of the molecule is Cc1ccc2c(c1)nc1n2C(CC(C)C)C(=O)N(C2CCCCC2)C1. The van der Waals surface area contributed by atoms with Crippen molar-refractivity contribution in [2.45, 2.75) is 77.9 Å². The van der Waals surface area contributed by atoms with Crippen LogP contribution in [0.2, 0.25) is 0 Å². The minimum absolute atomic E-state index is 0.0987. The molecule has 1 amide bonds. The van der Waals surface area contributed by atoms with Gasteiger partial charge in [-0.15, -0.1) is 0 Å². The minimum Gasteiger partial charge on any atom is -0.330 e. The van der Waals surface area contributed by atoms with Crippen LogP contribution >= 0.6 is 0 Å². The molecule has 0 spiro atoms. The van der Waals surface area contributed by atoms with Gasteiger partial charge < -0.3 is 9.47 Å². The van der Waals surface area contributed by atoms with Crippen molar-refractivity contribution in [2.24, 2.45) is 5.92 Å². The summed E-state index contributed by atoms with van der Waals surface area (Å²) in [6.07, 6.45) is 7.00. The highest BCUT2D eigenvalue weighted by Gasteiger charge is 2.38. The van der Waals surface area contributed by atoms with Crippen LogP contribution in [0.4, 0.5) is 0 Å². The Kier molecular flexibility index (Phi) is 4.30. The van der Waals surface area contributed by atoms with Crippen LogP contribution in [0, 0.1) is 12.8 Å². The lowest BCUT2D eigenvalue weighted by atomic mass is 9.92. The van der Waals surface area contributed by atoms with Crippen LogP contribution in [0.5, 0.6) is 0 Å². The molecule has 4 nitrogen and oxygen atoms in total. The van der Waals surface area contributed by atoms with Gasteiger partial charge in [-0.25, -0.2) is 4.98 Å². The average molecular weight is 339 g/mol. The van der Waals surface area contributed by atoms with E-state index in [1.807, 2.05) is 0 Å². The van der Waals surface area contributed by atoms with Crippen LogP contribution in [0.25, 0.3) is 11.0 Å². The lowest BCUT2D eigenvalue weighted by Crippen LogP contribution is -2.48. The summed E-state index contributed by atoms with van der Waals surface area (Å²) in [5.74, 6) is 1.86. The third-order valence-electron chi connectivity index (χ3n) is 5.82. The Bertz CT molecular complexity index is 786. The first-order chi connectivity index (χ1) is 12.0. The number of rotatable bonds is 3. The van der Waals surface area contributed by atoms with Crippen LogP contribution in [-0.2, 0) is 11.3 Å². The highest BCUT2D eigenvalue weighted by atomic mass is 16.2. The zero-order valence-corrected chi connectivity index (χ0v) is 15.7. The lowest BCUT2D eigenvalue weighted by molar-refractivity contribution is -0.141. The van der Waals surface area contributed by atoms with E-state index in [4.69, 9.17) is 4.98 Å². The normalized spacial score (nSPS) is 22.0. The molecule has 25 heavy (non-hydrogen) atoms. The first kappa shape index (κ1) is 16.6. The number of fused-ring (bicyclic) bond motifs is 3. The van der Waals surface area contributed by atoms with Crippen LogP contribution in [0.1, 0.15) is 69.8 Å². The molecule has 1 atom stereocenters. The number of imidazole rings is 1. The predicted molar refractivity (Wildman–Crippen MR) is 100 cm³/mol. The first-order valence-corrected chi connectivity index (χ1v) is 9.82. The summed E-state index contributed by atoms with van der Waals surface area (Å²) in [6.45, 7) is 7.18. The molecule has 0 saturated heterocycles. The van der Waals surface area contributed by atoms with E-state index in [9.17, 15) is 4.79 Å². The number of nitrogens with zero attached hydrogens (tertiary/aromatic N) is 3. The molecule has 2 aromatic rings. The standard InChI is InChI=1S/C21H29N3O/c1-14(2)11-19-21(25)23(16-7-5-4-6-8-16)13-20-22-17-12-15(3)9-10-18(17)24(19)20/h9-10,12,14,16,19H,4-8,11,13H2,1-3H3. The Morgan fingerprint density at radius 1 is 1.20 bits per heavy atom. The zero-order chi connectivity index (χ0) is 17.6. The van der Waals surface area contributed by atoms with Gasteiger partial charge in [0.25, 0.3) is 0 Å². The number of aryl methyl sites for hydroxylation is 1. The zero-order valence-electron chi connectivity index (χ0n) is 15.7. The van der Waals surface area contributed by atoms with Gasteiger partial charge in [0, 0.05) is 6.04 Å². The van der Waals surface area contributed by atoms with Crippen molar-refractivity contribution >= 4 is 16.9 Å². The summed E-state index contributed by atoms with van der Waals surface area (Å²) in [5, 5.41) is 0. The molecule has 0 radical (unpaired) electrons. The van der Waals surface area contributed by atoms with Gasteiger partial charge in [-0.05, 0) is 49.8 Å². The van der Waals surface area contributed by atoms with Crippen molar-refractivity contribution in [3.63, 3.8) is 0 Å². The van der Waals surface area contributed by atoms with Crippen molar-refractivity contribution < 1.29 is 4.79 Å². The summed E-state index contributed by atoms with van der Waals surface area (Å²) >= 11 is 0. The van der Waals surface area contributed by atoms with Crippen LogP contribution in [0.15, 0.2) is 18.2 Å². The van der Waals surface area contributed by atoms with Gasteiger partial charge in [0.15, 0.2) is 0 Å². The molecule has 0 bridgehead atoms. The van der Waals surface area contributed by atoms with E-state index in [0.717, 1.165) is 36.1 Å². The second-order valence-corrected chi connectivity index (χ2v) is 8.29. The molecule has 1 aromatic carbocycles. The summed E-state index contributed by atoms with van der Waals surface area (Å²) < 4.78 is 2.23. The van der Waals surface area contributed by atoms with Crippen LogP contribution < -0.4 is 0 Å². The van der Waals surface area contributed by atoms with E-state index in [1.165, 1.54) is 24.8 Å². The number of hydrogen-bond donors (Lipinski definition) is 0. The molecule has 1 saturated carbocycles. The molecule has 1 aliphatic heterocycles. The van der Waals surface area contributed by atoms with E-state index >= 15 is 0 Å². The number of benzene rings is 1. The number of carbonyl (C=O) groups is 1. The van der Waals surface area contributed by atoms with E-state index in [2.05, 4.69) is 48.4 Å². The minimum atomic E-state index is -0.0987. The quantitative estimate of drug-likeness (QED) is 0.819. The van der Waals surface area contributed by atoms with E-state index < -0.39 is 0 Å². The van der Waals surface area contributed by atoms with Gasteiger partial charge in [-0.1, -0.05) is 39.2 Å². The molecule has 0 N–H and O–H groups in total. The van der Waals surface area contributed by atoms with Crippen molar-refractivity contribution in [1.82, 2.24) is 14.5 Å². The number of carbonyl (C=O) groups excluding carboxylic acids is 1. The predicted octanol–water partition coefficient (Wildman–Crippen LogP) is 4.61. The molecule has 4 heteroatoms. The second-order valence-electron chi connectivity index (χ2n) is 8.29. The van der Waals surface area contributed by atoms with Gasteiger partial charge in [-0.3, -0.25) is 4.79 Å². The maximum atomic E-state index is 13.4. The smallest absolute Gasteiger partial charge is 0.246 e. The van der Waals surface area contributed by atoms with E-state index in [-0.39, 0.29) is 6.04 Å². The third kappa shape index (κ3) is 2.96. The summed E-state index contributed by atoms with van der Waals surface area (Å²) in [6, 6.07) is 6.71. The summed E-state index contributed by atoms with van der Waals surface area (Å²) in [4.78, 5) is 20.5. The van der Waals surface area contributed by atoms with Gasteiger partial charge in [0.05, 0.1) is 17.6 Å². The second kappa shape index (κ2) is 6.47. The lowest BCUT2D eigenvalue weighted by Gasteiger charge is -2.40. The summed E-state index contributed by atoms with van der Waals surface area (Å²) in [7, 11) is 0. The van der Waals surface area contributed by atoms with E-state index in [0.29, 0.717) is 24.4 Å². The molecular formula is C21H29N3O. The Labute approximate surface area is 150 Å². The Morgan fingerprint density at radius 2 is 1.96 bits per heavy atom. The molecule has 1 aliphatic carbocycles. The molecule has 4 rings (SSSR count). The summed E-state index contributed by atoms with van der Waals surface area (Å²) in [5.41, 5.74) is 3.36.